The van der Waals surface area contributed by atoms with Gasteiger partial charge in [0.15, 0.2) is 5.16 Å². The van der Waals surface area contributed by atoms with Crippen LogP contribution in [0.4, 0.5) is 5.95 Å². The molecule has 1 aliphatic heterocycles. The van der Waals surface area contributed by atoms with Crippen LogP contribution in [0.3, 0.4) is 0 Å². The number of ether oxygens (including phenoxy) is 1. The molecule has 0 radical (unpaired) electrons. The number of thioether (sulfide) groups is 1. The lowest BCUT2D eigenvalue weighted by Gasteiger charge is -2.27. The number of anilines is 1. The Balaban J connectivity index is 1.71. The molecule has 21 heavy (non-hydrogen) atoms. The summed E-state index contributed by atoms with van der Waals surface area (Å²) in [5.41, 5.74) is 0.927. The minimum atomic E-state index is 0.735. The molecular formula is C13H19N5O2S. The van der Waals surface area contributed by atoms with E-state index in [-0.39, 0.29) is 0 Å². The molecule has 2 aromatic heterocycles. The standard InChI is InChI=1S/C13H19N5O2S/c1-3-18-12(17-4-6-19-7-5-17)14-15-13(18)21-9-11-8-10(2)20-16-11/h8H,3-7,9H2,1-2H3. The summed E-state index contributed by atoms with van der Waals surface area (Å²) in [6, 6.07) is 1.95. The van der Waals surface area contributed by atoms with Crippen LogP contribution in [-0.2, 0) is 17.0 Å². The average molecular weight is 309 g/mol. The molecule has 0 N–H and O–H groups in total. The maximum atomic E-state index is 5.39. The van der Waals surface area contributed by atoms with Crippen molar-refractivity contribution in [2.24, 2.45) is 0 Å². The summed E-state index contributed by atoms with van der Waals surface area (Å²) in [6.07, 6.45) is 0. The lowest BCUT2D eigenvalue weighted by atomic mass is 10.4. The first-order chi connectivity index (χ1) is 10.3. The number of aryl methyl sites for hydroxylation is 1. The van der Waals surface area contributed by atoms with Crippen molar-refractivity contribution >= 4 is 17.7 Å². The van der Waals surface area contributed by atoms with Crippen molar-refractivity contribution in [3.05, 3.63) is 17.5 Å². The fourth-order valence-electron chi connectivity index (χ4n) is 2.29. The van der Waals surface area contributed by atoms with Gasteiger partial charge in [0.2, 0.25) is 5.95 Å². The molecule has 3 heterocycles. The molecule has 0 bridgehead atoms. The lowest BCUT2D eigenvalue weighted by Crippen LogP contribution is -2.38. The van der Waals surface area contributed by atoms with Gasteiger partial charge in [0.1, 0.15) is 5.76 Å². The summed E-state index contributed by atoms with van der Waals surface area (Å²) in [5, 5.41) is 13.6. The van der Waals surface area contributed by atoms with Gasteiger partial charge in [0.25, 0.3) is 0 Å². The molecule has 0 aromatic carbocycles. The first-order valence-electron chi connectivity index (χ1n) is 7.09. The summed E-state index contributed by atoms with van der Waals surface area (Å²) in [5.74, 6) is 2.50. The number of aromatic nitrogens is 4. The normalized spacial score (nSPS) is 15.6. The van der Waals surface area contributed by atoms with Crippen LogP contribution in [0, 0.1) is 6.92 Å². The first kappa shape index (κ1) is 14.4. The van der Waals surface area contributed by atoms with Crippen LogP contribution in [0.15, 0.2) is 15.7 Å². The van der Waals surface area contributed by atoms with Crippen LogP contribution in [-0.4, -0.2) is 46.2 Å². The topological polar surface area (TPSA) is 69.2 Å². The monoisotopic (exact) mass is 309 g/mol. The fraction of sp³-hybridized carbons (Fsp3) is 0.615. The molecule has 0 unspecified atom stereocenters. The highest BCUT2D eigenvalue weighted by molar-refractivity contribution is 7.98. The zero-order valence-electron chi connectivity index (χ0n) is 12.3. The predicted molar refractivity (Wildman–Crippen MR) is 79.5 cm³/mol. The second kappa shape index (κ2) is 6.48. The molecule has 7 nitrogen and oxygen atoms in total. The van der Waals surface area contributed by atoms with Crippen molar-refractivity contribution < 1.29 is 9.26 Å². The molecule has 0 aliphatic carbocycles. The summed E-state index contributed by atoms with van der Waals surface area (Å²) in [6.45, 7) is 8.08. The quantitative estimate of drug-likeness (QED) is 0.779. The lowest BCUT2D eigenvalue weighted by molar-refractivity contribution is 0.121. The van der Waals surface area contributed by atoms with Crippen molar-refractivity contribution in [3.63, 3.8) is 0 Å². The van der Waals surface area contributed by atoms with Crippen LogP contribution in [0.25, 0.3) is 0 Å². The van der Waals surface area contributed by atoms with Gasteiger partial charge in [-0.1, -0.05) is 16.9 Å². The van der Waals surface area contributed by atoms with E-state index in [2.05, 4.69) is 31.7 Å². The summed E-state index contributed by atoms with van der Waals surface area (Å²) in [7, 11) is 0. The average Bonchev–Trinajstić information content (AvgIpc) is 3.11. The molecule has 0 amide bonds. The second-order valence-electron chi connectivity index (χ2n) is 4.84. The van der Waals surface area contributed by atoms with E-state index in [4.69, 9.17) is 9.26 Å². The van der Waals surface area contributed by atoms with Crippen molar-refractivity contribution in [2.75, 3.05) is 31.2 Å². The molecule has 3 rings (SSSR count). The molecule has 2 aromatic rings. The Morgan fingerprint density at radius 1 is 1.29 bits per heavy atom. The third kappa shape index (κ3) is 3.21. The highest BCUT2D eigenvalue weighted by Gasteiger charge is 2.19. The largest absolute Gasteiger partial charge is 0.378 e. The van der Waals surface area contributed by atoms with E-state index in [9.17, 15) is 0 Å². The zero-order chi connectivity index (χ0) is 14.7. The SMILES string of the molecule is CCn1c(SCc2cc(C)on2)nnc1N1CCOCC1. The number of rotatable bonds is 5. The van der Waals surface area contributed by atoms with Gasteiger partial charge in [-0.15, -0.1) is 10.2 Å². The van der Waals surface area contributed by atoms with Crippen molar-refractivity contribution in [2.45, 2.75) is 31.3 Å². The minimum Gasteiger partial charge on any atom is -0.378 e. The van der Waals surface area contributed by atoms with E-state index in [0.717, 1.165) is 61.2 Å². The van der Waals surface area contributed by atoms with Crippen LogP contribution in [0.5, 0.6) is 0 Å². The Hall–Kier alpha value is -1.54. The molecule has 0 atom stereocenters. The molecule has 1 fully saturated rings. The Kier molecular flexibility index (Phi) is 4.45. The second-order valence-corrected chi connectivity index (χ2v) is 5.79. The Labute approximate surface area is 127 Å². The predicted octanol–water partition coefficient (Wildman–Crippen LogP) is 1.72. The van der Waals surface area contributed by atoms with Gasteiger partial charge < -0.3 is 14.2 Å². The van der Waals surface area contributed by atoms with Crippen molar-refractivity contribution in [1.29, 1.82) is 0 Å². The summed E-state index contributed by atoms with van der Waals surface area (Å²) in [4.78, 5) is 2.23. The summed E-state index contributed by atoms with van der Waals surface area (Å²) < 4.78 is 12.6. The van der Waals surface area contributed by atoms with Gasteiger partial charge in [-0.25, -0.2) is 0 Å². The van der Waals surface area contributed by atoms with E-state index in [0.29, 0.717) is 0 Å². The maximum absolute atomic E-state index is 5.39. The highest BCUT2D eigenvalue weighted by atomic mass is 32.2. The number of morpholine rings is 1. The number of hydrogen-bond donors (Lipinski definition) is 0. The molecule has 0 spiro atoms. The minimum absolute atomic E-state index is 0.735. The van der Waals surface area contributed by atoms with E-state index >= 15 is 0 Å². The van der Waals surface area contributed by atoms with Gasteiger partial charge in [-0.2, -0.15) is 0 Å². The molecule has 8 heteroatoms. The molecule has 1 saturated heterocycles. The number of hydrogen-bond acceptors (Lipinski definition) is 7. The smallest absolute Gasteiger partial charge is 0.228 e. The zero-order valence-corrected chi connectivity index (χ0v) is 13.1. The van der Waals surface area contributed by atoms with E-state index in [1.54, 1.807) is 11.8 Å². The van der Waals surface area contributed by atoms with E-state index < -0.39 is 0 Å². The molecular weight excluding hydrogens is 290 g/mol. The van der Waals surface area contributed by atoms with Gasteiger partial charge in [0, 0.05) is 31.5 Å². The first-order valence-corrected chi connectivity index (χ1v) is 8.07. The molecule has 0 saturated carbocycles. The van der Waals surface area contributed by atoms with E-state index in [1.807, 2.05) is 13.0 Å². The van der Waals surface area contributed by atoms with Gasteiger partial charge in [-0.05, 0) is 13.8 Å². The highest BCUT2D eigenvalue weighted by Crippen LogP contribution is 2.25. The van der Waals surface area contributed by atoms with Crippen molar-refractivity contribution in [1.82, 2.24) is 19.9 Å². The Morgan fingerprint density at radius 3 is 2.76 bits per heavy atom. The molecule has 1 aliphatic rings. The molecule has 114 valence electrons. The van der Waals surface area contributed by atoms with Gasteiger partial charge in [-0.3, -0.25) is 4.57 Å². The van der Waals surface area contributed by atoms with E-state index in [1.165, 1.54) is 0 Å². The number of nitrogens with zero attached hydrogens (tertiary/aromatic N) is 5. The fourth-order valence-corrected chi connectivity index (χ4v) is 3.16. The van der Waals surface area contributed by atoms with Gasteiger partial charge in [0.05, 0.1) is 18.9 Å². The van der Waals surface area contributed by atoms with Crippen LogP contribution < -0.4 is 4.90 Å². The maximum Gasteiger partial charge on any atom is 0.228 e. The van der Waals surface area contributed by atoms with Crippen LogP contribution >= 0.6 is 11.8 Å². The van der Waals surface area contributed by atoms with Gasteiger partial charge >= 0.3 is 0 Å². The van der Waals surface area contributed by atoms with Crippen LogP contribution in [0.2, 0.25) is 0 Å². The third-order valence-corrected chi connectivity index (χ3v) is 4.33. The summed E-state index contributed by atoms with van der Waals surface area (Å²) >= 11 is 1.63. The Morgan fingerprint density at radius 2 is 2.10 bits per heavy atom. The Bertz CT molecular complexity index is 591. The van der Waals surface area contributed by atoms with Crippen molar-refractivity contribution in [3.8, 4) is 0 Å². The van der Waals surface area contributed by atoms with Crippen LogP contribution in [0.1, 0.15) is 18.4 Å². The third-order valence-electron chi connectivity index (χ3n) is 3.33.